The first-order chi connectivity index (χ1) is 9.06. The molecule has 0 amide bonds. The van der Waals surface area contributed by atoms with Crippen molar-refractivity contribution in [1.82, 2.24) is 20.0 Å². The van der Waals surface area contributed by atoms with Gasteiger partial charge in [-0.2, -0.15) is 5.10 Å². The van der Waals surface area contributed by atoms with Crippen molar-refractivity contribution in [2.45, 2.75) is 33.7 Å². The molecule has 0 saturated carbocycles. The Kier molecular flexibility index (Phi) is 4.99. The van der Waals surface area contributed by atoms with Gasteiger partial charge in [0.15, 0.2) is 0 Å². The third kappa shape index (κ3) is 4.05. The highest BCUT2D eigenvalue weighted by Crippen LogP contribution is 2.19. The highest BCUT2D eigenvalue weighted by molar-refractivity contribution is 5.15. The van der Waals surface area contributed by atoms with Gasteiger partial charge in [0.25, 0.3) is 0 Å². The third-order valence-corrected chi connectivity index (χ3v) is 4.09. The quantitative estimate of drug-likeness (QED) is 0.850. The van der Waals surface area contributed by atoms with E-state index in [0.717, 1.165) is 24.9 Å². The molecule has 1 aliphatic rings. The average Bonchev–Trinajstić information content (AvgIpc) is 2.91. The Bertz CT molecular complexity index is 397. The van der Waals surface area contributed by atoms with Gasteiger partial charge in [-0.3, -0.25) is 9.58 Å². The van der Waals surface area contributed by atoms with Crippen molar-refractivity contribution < 1.29 is 0 Å². The molecule has 2 rings (SSSR count). The van der Waals surface area contributed by atoms with Gasteiger partial charge in [0, 0.05) is 31.4 Å². The van der Waals surface area contributed by atoms with Gasteiger partial charge in [-0.05, 0) is 44.8 Å². The van der Waals surface area contributed by atoms with E-state index in [1.807, 2.05) is 17.9 Å². The molecule has 1 N–H and O–H groups in total. The minimum absolute atomic E-state index is 0.746. The van der Waals surface area contributed by atoms with Crippen LogP contribution in [0.3, 0.4) is 0 Å². The van der Waals surface area contributed by atoms with Crippen molar-refractivity contribution in [3.05, 3.63) is 17.5 Å². The second-order valence-electron chi connectivity index (χ2n) is 6.32. The number of nitrogens with zero attached hydrogens (tertiary/aromatic N) is 3. The lowest BCUT2D eigenvalue weighted by Crippen LogP contribution is -2.28. The molecule has 2 heterocycles. The zero-order valence-corrected chi connectivity index (χ0v) is 12.8. The minimum Gasteiger partial charge on any atom is -0.316 e. The Hall–Kier alpha value is -0.870. The van der Waals surface area contributed by atoms with Crippen LogP contribution in [0.15, 0.2) is 6.20 Å². The molecule has 1 aromatic heterocycles. The van der Waals surface area contributed by atoms with Crippen molar-refractivity contribution in [3.8, 4) is 0 Å². The molecule has 4 nitrogen and oxygen atoms in total. The number of hydrogen-bond donors (Lipinski definition) is 1. The second-order valence-corrected chi connectivity index (χ2v) is 6.32. The van der Waals surface area contributed by atoms with Crippen LogP contribution in [0.1, 0.15) is 31.5 Å². The number of aryl methyl sites for hydroxylation is 1. The van der Waals surface area contributed by atoms with E-state index in [1.54, 1.807) is 0 Å². The first-order valence-electron chi connectivity index (χ1n) is 7.46. The van der Waals surface area contributed by atoms with E-state index >= 15 is 0 Å². The maximum atomic E-state index is 4.32. The fourth-order valence-electron chi connectivity index (χ4n) is 2.74. The summed E-state index contributed by atoms with van der Waals surface area (Å²) in [4.78, 5) is 2.56. The molecule has 0 aromatic carbocycles. The van der Waals surface area contributed by atoms with E-state index in [4.69, 9.17) is 0 Å². The van der Waals surface area contributed by atoms with Crippen molar-refractivity contribution in [3.63, 3.8) is 0 Å². The molecule has 1 atom stereocenters. The highest BCUT2D eigenvalue weighted by Gasteiger charge is 2.22. The fraction of sp³-hybridized carbons (Fsp3) is 0.800. The summed E-state index contributed by atoms with van der Waals surface area (Å²) >= 11 is 0. The van der Waals surface area contributed by atoms with E-state index in [9.17, 15) is 0 Å². The Labute approximate surface area is 117 Å². The predicted octanol–water partition coefficient (Wildman–Crippen LogP) is 1.80. The van der Waals surface area contributed by atoms with Crippen molar-refractivity contribution in [2.75, 3.05) is 26.2 Å². The van der Waals surface area contributed by atoms with Gasteiger partial charge in [-0.1, -0.05) is 13.8 Å². The van der Waals surface area contributed by atoms with Crippen LogP contribution in [0.5, 0.6) is 0 Å². The molecule has 4 heteroatoms. The summed E-state index contributed by atoms with van der Waals surface area (Å²) in [6.45, 7) is 12.5. The van der Waals surface area contributed by atoms with Crippen LogP contribution in [0.4, 0.5) is 0 Å². The van der Waals surface area contributed by atoms with Crippen LogP contribution in [-0.4, -0.2) is 40.9 Å². The molecule has 1 aromatic rings. The summed E-state index contributed by atoms with van der Waals surface area (Å²) in [6.07, 6.45) is 3.34. The lowest BCUT2D eigenvalue weighted by atomic mass is 10.1. The Morgan fingerprint density at radius 2 is 2.26 bits per heavy atom. The fourth-order valence-corrected chi connectivity index (χ4v) is 2.74. The SMILES string of the molecule is Cc1c(CN2CCC(CNCC(C)C)C2)cnn1C. The van der Waals surface area contributed by atoms with Crippen molar-refractivity contribution in [2.24, 2.45) is 18.9 Å². The van der Waals surface area contributed by atoms with Crippen LogP contribution < -0.4 is 5.32 Å². The molecular weight excluding hydrogens is 236 g/mol. The Morgan fingerprint density at radius 1 is 1.47 bits per heavy atom. The smallest absolute Gasteiger partial charge is 0.0537 e. The third-order valence-electron chi connectivity index (χ3n) is 4.09. The molecular formula is C15H28N4. The van der Waals surface area contributed by atoms with Crippen LogP contribution >= 0.6 is 0 Å². The van der Waals surface area contributed by atoms with Crippen LogP contribution in [0.2, 0.25) is 0 Å². The lowest BCUT2D eigenvalue weighted by Gasteiger charge is -2.16. The van der Waals surface area contributed by atoms with E-state index in [1.165, 1.54) is 37.3 Å². The first kappa shape index (κ1) is 14.5. The number of nitrogens with one attached hydrogen (secondary N) is 1. The number of likely N-dealkylation sites (tertiary alicyclic amines) is 1. The van der Waals surface area contributed by atoms with Gasteiger partial charge >= 0.3 is 0 Å². The van der Waals surface area contributed by atoms with Gasteiger partial charge in [0.1, 0.15) is 0 Å². The van der Waals surface area contributed by atoms with E-state index in [-0.39, 0.29) is 0 Å². The summed E-state index contributed by atoms with van der Waals surface area (Å²) in [5.74, 6) is 1.56. The van der Waals surface area contributed by atoms with Gasteiger partial charge < -0.3 is 5.32 Å². The maximum Gasteiger partial charge on any atom is 0.0537 e. The van der Waals surface area contributed by atoms with E-state index < -0.39 is 0 Å². The molecule has 19 heavy (non-hydrogen) atoms. The number of aromatic nitrogens is 2. The predicted molar refractivity (Wildman–Crippen MR) is 79.0 cm³/mol. The average molecular weight is 264 g/mol. The first-order valence-corrected chi connectivity index (χ1v) is 7.46. The number of rotatable bonds is 6. The molecule has 0 spiro atoms. The molecule has 0 bridgehead atoms. The Balaban J connectivity index is 1.74. The summed E-state index contributed by atoms with van der Waals surface area (Å²) in [6, 6.07) is 0. The summed E-state index contributed by atoms with van der Waals surface area (Å²) in [5, 5.41) is 7.91. The molecule has 0 radical (unpaired) electrons. The molecule has 0 aliphatic carbocycles. The minimum atomic E-state index is 0.746. The zero-order chi connectivity index (χ0) is 13.8. The standard InChI is InChI=1S/C15H28N4/c1-12(2)7-16-8-14-5-6-19(10-14)11-15-9-17-18(4)13(15)3/h9,12,14,16H,5-8,10-11H2,1-4H3. The topological polar surface area (TPSA) is 33.1 Å². The molecule has 1 aliphatic heterocycles. The summed E-state index contributed by atoms with van der Waals surface area (Å²) in [5.41, 5.74) is 2.67. The van der Waals surface area contributed by atoms with Crippen LogP contribution in [-0.2, 0) is 13.6 Å². The maximum absolute atomic E-state index is 4.32. The van der Waals surface area contributed by atoms with E-state index in [2.05, 4.69) is 36.1 Å². The highest BCUT2D eigenvalue weighted by atomic mass is 15.3. The normalized spacial score (nSPS) is 20.6. The molecule has 1 fully saturated rings. The summed E-state index contributed by atoms with van der Waals surface area (Å²) < 4.78 is 1.97. The van der Waals surface area contributed by atoms with Gasteiger partial charge in [0.2, 0.25) is 0 Å². The van der Waals surface area contributed by atoms with Gasteiger partial charge in [0.05, 0.1) is 6.20 Å². The second kappa shape index (κ2) is 6.53. The molecule has 1 saturated heterocycles. The molecule has 1 unspecified atom stereocenters. The van der Waals surface area contributed by atoms with E-state index in [0.29, 0.717) is 0 Å². The van der Waals surface area contributed by atoms with Crippen molar-refractivity contribution in [1.29, 1.82) is 0 Å². The Morgan fingerprint density at radius 3 is 2.89 bits per heavy atom. The largest absolute Gasteiger partial charge is 0.316 e. The van der Waals surface area contributed by atoms with Crippen LogP contribution in [0.25, 0.3) is 0 Å². The van der Waals surface area contributed by atoms with Gasteiger partial charge in [-0.15, -0.1) is 0 Å². The molecule has 108 valence electrons. The lowest BCUT2D eigenvalue weighted by molar-refractivity contribution is 0.312. The zero-order valence-electron chi connectivity index (χ0n) is 12.8. The van der Waals surface area contributed by atoms with Gasteiger partial charge in [-0.25, -0.2) is 0 Å². The van der Waals surface area contributed by atoms with Crippen LogP contribution in [0, 0.1) is 18.8 Å². The van der Waals surface area contributed by atoms with Crippen molar-refractivity contribution >= 4 is 0 Å². The summed E-state index contributed by atoms with van der Waals surface area (Å²) in [7, 11) is 2.02. The number of hydrogen-bond acceptors (Lipinski definition) is 3. The monoisotopic (exact) mass is 264 g/mol.